The Morgan fingerprint density at radius 2 is 2.60 bits per heavy atom. The molecule has 0 aromatic carbocycles. The van der Waals surface area contributed by atoms with Gasteiger partial charge in [0.05, 0.1) is 7.11 Å². The van der Waals surface area contributed by atoms with Crippen LogP contribution >= 0.6 is 0 Å². The first-order valence-electron chi connectivity index (χ1n) is 2.48. The molecule has 0 aliphatic carbocycles. The largest absolute Gasteiger partial charge is 0.463 e. The van der Waals surface area contributed by atoms with E-state index in [4.69, 9.17) is 0 Å². The lowest BCUT2D eigenvalue weighted by Gasteiger charge is -1.92. The first kappa shape index (κ1) is 6.60. The predicted octanol–water partition coefficient (Wildman–Crippen LogP) is -0.542. The molecule has 1 heterocycles. The van der Waals surface area contributed by atoms with Crippen LogP contribution in [-0.2, 0) is 4.74 Å². The molecule has 0 spiro atoms. The van der Waals surface area contributed by atoms with E-state index in [1.165, 1.54) is 13.4 Å². The van der Waals surface area contributed by atoms with Gasteiger partial charge in [-0.15, -0.1) is 0 Å². The van der Waals surface area contributed by atoms with Crippen LogP contribution in [-0.4, -0.2) is 28.0 Å². The molecule has 0 saturated heterocycles. The summed E-state index contributed by atoms with van der Waals surface area (Å²) in [6, 6.07) is 0. The molecule has 1 aromatic rings. The second kappa shape index (κ2) is 2.86. The summed E-state index contributed by atoms with van der Waals surface area (Å²) < 4.78 is 4.32. The van der Waals surface area contributed by atoms with E-state index >= 15 is 0 Å². The highest BCUT2D eigenvalue weighted by Crippen LogP contribution is 1.86. The number of aromatic nitrogens is 3. The summed E-state index contributed by atoms with van der Waals surface area (Å²) in [5.74, 6) is -0.615. The van der Waals surface area contributed by atoms with Gasteiger partial charge < -0.3 is 4.74 Å². The quantitative estimate of drug-likeness (QED) is 0.487. The Morgan fingerprint density at radius 3 is 3.10 bits per heavy atom. The Morgan fingerprint density at radius 1 is 1.80 bits per heavy atom. The number of hydrogen-bond donors (Lipinski definition) is 0. The lowest BCUT2D eigenvalue weighted by molar-refractivity contribution is 0.0586. The number of methoxy groups -OCH3 is 1. The highest BCUT2D eigenvalue weighted by molar-refractivity contribution is 5.84. The van der Waals surface area contributed by atoms with Gasteiger partial charge in [0, 0.05) is 0 Å². The number of nitrogens with zero attached hydrogens (tertiary/aromatic N) is 3. The van der Waals surface area contributed by atoms with Crippen molar-refractivity contribution >= 4 is 5.97 Å². The highest BCUT2D eigenvalue weighted by Gasteiger charge is 2.06. The average Bonchev–Trinajstić information content (AvgIpc) is 2.05. The Kier molecular flexibility index (Phi) is 1.89. The third kappa shape index (κ3) is 1.25. The van der Waals surface area contributed by atoms with Gasteiger partial charge >= 0.3 is 5.97 Å². The maximum atomic E-state index is 10.6. The summed E-state index contributed by atoms with van der Waals surface area (Å²) in [7, 11) is 1.26. The molecule has 1 rings (SSSR count). The molecule has 0 fully saturated rings. The number of carbonyl (C=O) groups is 1. The third-order valence-electron chi connectivity index (χ3n) is 0.819. The van der Waals surface area contributed by atoms with Gasteiger partial charge in [-0.05, 0) is 0 Å². The minimum absolute atomic E-state index is 0.0301. The summed E-state index contributed by atoms with van der Waals surface area (Å²) in [6.07, 6.45) is 3.39. The van der Waals surface area contributed by atoms with Crippen LogP contribution in [0.15, 0.2) is 6.33 Å². The Bertz CT molecular complexity index is 224. The van der Waals surface area contributed by atoms with Gasteiger partial charge in [0.1, 0.15) is 6.33 Å². The van der Waals surface area contributed by atoms with Gasteiger partial charge in [0.2, 0.25) is 12.2 Å². The number of ether oxygens (including phenoxy) is 1. The molecule has 10 heavy (non-hydrogen) atoms. The zero-order valence-corrected chi connectivity index (χ0v) is 5.24. The molecule has 0 N–H and O–H groups in total. The van der Waals surface area contributed by atoms with E-state index in [1.807, 2.05) is 0 Å². The molecular weight excluding hydrogens is 134 g/mol. The van der Waals surface area contributed by atoms with E-state index in [9.17, 15) is 4.79 Å². The van der Waals surface area contributed by atoms with Crippen LogP contribution in [0.4, 0.5) is 0 Å². The van der Waals surface area contributed by atoms with Crippen molar-refractivity contribution in [2.24, 2.45) is 0 Å². The molecule has 0 bridgehead atoms. The molecule has 0 aliphatic rings. The molecule has 0 atom stereocenters. The molecule has 0 amide bonds. The SMILES string of the molecule is COC(=O)c1n[c]ncn1. The van der Waals surface area contributed by atoms with Gasteiger partial charge in [-0.1, -0.05) is 0 Å². The Balaban J connectivity index is 2.85. The normalized spacial score (nSPS) is 8.90. The molecule has 1 radical (unpaired) electrons. The third-order valence-corrected chi connectivity index (χ3v) is 0.819. The number of rotatable bonds is 1. The smallest absolute Gasteiger partial charge is 0.376 e. The van der Waals surface area contributed by atoms with Gasteiger partial charge in [0.25, 0.3) is 0 Å². The molecule has 5 nitrogen and oxygen atoms in total. The van der Waals surface area contributed by atoms with Crippen molar-refractivity contribution < 1.29 is 9.53 Å². The first-order valence-corrected chi connectivity index (χ1v) is 2.48. The number of hydrogen-bond acceptors (Lipinski definition) is 5. The van der Waals surface area contributed by atoms with Crippen molar-refractivity contribution in [2.45, 2.75) is 0 Å². The van der Waals surface area contributed by atoms with Crippen molar-refractivity contribution in [3.05, 3.63) is 18.5 Å². The fourth-order valence-electron chi connectivity index (χ4n) is 0.404. The monoisotopic (exact) mass is 138 g/mol. The fraction of sp³-hybridized carbons (Fsp3) is 0.200. The van der Waals surface area contributed by atoms with Gasteiger partial charge in [-0.3, -0.25) is 0 Å². The summed E-state index contributed by atoms with van der Waals surface area (Å²) in [5, 5.41) is 0. The topological polar surface area (TPSA) is 65.0 Å². The summed E-state index contributed by atoms with van der Waals surface area (Å²) in [6.45, 7) is 0. The summed E-state index contributed by atoms with van der Waals surface area (Å²) in [4.78, 5) is 21.0. The van der Waals surface area contributed by atoms with E-state index in [0.29, 0.717) is 0 Å². The minimum atomic E-state index is -0.585. The van der Waals surface area contributed by atoms with E-state index < -0.39 is 5.97 Å². The van der Waals surface area contributed by atoms with Crippen molar-refractivity contribution in [1.82, 2.24) is 15.0 Å². The van der Waals surface area contributed by atoms with Crippen LogP contribution in [0.1, 0.15) is 10.6 Å². The standard InChI is InChI=1S/C5H4N3O2/c1-10-5(9)4-7-2-6-3-8-4/h2H,1H3. The van der Waals surface area contributed by atoms with Crippen molar-refractivity contribution in [2.75, 3.05) is 7.11 Å². The van der Waals surface area contributed by atoms with E-state index in [-0.39, 0.29) is 5.82 Å². The molecule has 5 heteroatoms. The maximum absolute atomic E-state index is 10.6. The zero-order chi connectivity index (χ0) is 7.40. The van der Waals surface area contributed by atoms with Crippen molar-refractivity contribution in [3.8, 4) is 0 Å². The van der Waals surface area contributed by atoms with Gasteiger partial charge in [0.15, 0.2) is 0 Å². The van der Waals surface area contributed by atoms with Crippen molar-refractivity contribution in [1.29, 1.82) is 0 Å². The molecular formula is C5H4N3O2. The van der Waals surface area contributed by atoms with Crippen molar-refractivity contribution in [3.63, 3.8) is 0 Å². The maximum Gasteiger partial charge on any atom is 0.376 e. The van der Waals surface area contributed by atoms with Crippen LogP contribution in [0.2, 0.25) is 0 Å². The second-order valence-electron chi connectivity index (χ2n) is 1.40. The fourth-order valence-corrected chi connectivity index (χ4v) is 0.404. The summed E-state index contributed by atoms with van der Waals surface area (Å²) in [5.41, 5.74) is 0. The number of esters is 1. The lowest BCUT2D eigenvalue weighted by atomic mass is 10.6. The van der Waals surface area contributed by atoms with Crippen LogP contribution in [0.25, 0.3) is 0 Å². The molecule has 1 aromatic heterocycles. The highest BCUT2D eigenvalue weighted by atomic mass is 16.5. The van der Waals surface area contributed by atoms with Gasteiger partial charge in [-0.25, -0.2) is 14.8 Å². The first-order chi connectivity index (χ1) is 4.84. The minimum Gasteiger partial charge on any atom is -0.463 e. The average molecular weight is 138 g/mol. The number of carbonyl (C=O) groups excluding carboxylic acids is 1. The van der Waals surface area contributed by atoms with E-state index in [1.54, 1.807) is 0 Å². The van der Waals surface area contributed by atoms with Crippen LogP contribution < -0.4 is 0 Å². The van der Waals surface area contributed by atoms with Gasteiger partial charge in [-0.2, -0.15) is 4.98 Å². The molecule has 51 valence electrons. The second-order valence-corrected chi connectivity index (χ2v) is 1.40. The van der Waals surface area contributed by atoms with Crippen LogP contribution in [0, 0.1) is 6.33 Å². The van der Waals surface area contributed by atoms with Crippen LogP contribution in [0.5, 0.6) is 0 Å². The van der Waals surface area contributed by atoms with E-state index in [0.717, 1.165) is 0 Å². The summed E-state index contributed by atoms with van der Waals surface area (Å²) >= 11 is 0. The predicted molar refractivity (Wildman–Crippen MR) is 30.0 cm³/mol. The Labute approximate surface area is 57.1 Å². The molecule has 0 unspecified atom stereocenters. The lowest BCUT2D eigenvalue weighted by Crippen LogP contribution is -2.06. The Hall–Kier alpha value is -1.52. The van der Waals surface area contributed by atoms with E-state index in [2.05, 4.69) is 26.0 Å². The zero-order valence-electron chi connectivity index (χ0n) is 5.24. The molecule has 0 saturated carbocycles. The molecule has 0 aliphatic heterocycles. The van der Waals surface area contributed by atoms with Crippen LogP contribution in [0.3, 0.4) is 0 Å².